The minimum Gasteiger partial charge on any atom is -0.481 e. The third-order valence-electron chi connectivity index (χ3n) is 2.06. The predicted molar refractivity (Wildman–Crippen MR) is 73.4 cm³/mol. The number of hydrogen-bond acceptors (Lipinski definition) is 4. The van der Waals surface area contributed by atoms with Crippen LogP contribution in [0.1, 0.15) is 40.0 Å². The van der Waals surface area contributed by atoms with Crippen LogP contribution < -0.4 is 5.32 Å². The number of carboxylic acids is 1. The highest BCUT2D eigenvalue weighted by Crippen LogP contribution is 2.09. The summed E-state index contributed by atoms with van der Waals surface area (Å²) in [4.78, 5) is 33.4. The van der Waals surface area contributed by atoms with Crippen molar-refractivity contribution in [3.8, 4) is 0 Å². The number of aliphatic carboxylic acids is 1. The molecule has 0 spiro atoms. The number of Topliss-reactive ketones (excluding diaryl/α,β-unsaturated/α-hetero) is 1. The third kappa shape index (κ3) is 10.5. The summed E-state index contributed by atoms with van der Waals surface area (Å²) in [6.07, 6.45) is -0.436. The molecule has 1 amide bonds. The van der Waals surface area contributed by atoms with Gasteiger partial charge in [0.1, 0.15) is 11.4 Å². The Morgan fingerprint density at radius 3 is 2.32 bits per heavy atom. The lowest BCUT2D eigenvalue weighted by atomic mass is 10.1. The topological polar surface area (TPSA) is 92.7 Å². The molecule has 0 aromatic rings. The van der Waals surface area contributed by atoms with E-state index in [1.807, 2.05) is 0 Å². The number of halogens is 1. The van der Waals surface area contributed by atoms with Crippen molar-refractivity contribution >= 4 is 33.8 Å². The zero-order valence-electron chi connectivity index (χ0n) is 11.4. The van der Waals surface area contributed by atoms with Crippen LogP contribution in [0.3, 0.4) is 0 Å². The lowest BCUT2D eigenvalue weighted by molar-refractivity contribution is -0.137. The molecular weight excluding hydrogens is 318 g/mol. The number of carbonyl (C=O) groups excluding carboxylic acids is 2. The highest BCUT2D eigenvalue weighted by atomic mass is 79.9. The zero-order valence-corrected chi connectivity index (χ0v) is 12.9. The summed E-state index contributed by atoms with van der Waals surface area (Å²) in [5, 5.41) is 11.5. The minimum atomic E-state index is -1.03. The number of carbonyl (C=O) groups is 3. The van der Waals surface area contributed by atoms with Gasteiger partial charge in [-0.25, -0.2) is 4.79 Å². The van der Waals surface area contributed by atoms with Gasteiger partial charge in [0.15, 0.2) is 0 Å². The molecule has 7 heteroatoms. The largest absolute Gasteiger partial charge is 0.481 e. The molecular formula is C12H20BrNO5. The monoisotopic (exact) mass is 337 g/mol. The zero-order chi connectivity index (χ0) is 15.1. The van der Waals surface area contributed by atoms with Crippen LogP contribution in [0.15, 0.2) is 0 Å². The summed E-state index contributed by atoms with van der Waals surface area (Å²) in [5.74, 6) is -1.08. The number of nitrogens with one attached hydrogen (secondary N) is 1. The van der Waals surface area contributed by atoms with Crippen molar-refractivity contribution in [2.24, 2.45) is 0 Å². The van der Waals surface area contributed by atoms with E-state index in [0.29, 0.717) is 0 Å². The van der Waals surface area contributed by atoms with Crippen molar-refractivity contribution in [1.29, 1.82) is 0 Å². The fourth-order valence-corrected chi connectivity index (χ4v) is 1.59. The molecule has 0 saturated heterocycles. The van der Waals surface area contributed by atoms with Gasteiger partial charge in [-0.2, -0.15) is 0 Å². The molecule has 0 bridgehead atoms. The molecule has 6 nitrogen and oxygen atoms in total. The Labute approximate surface area is 121 Å². The normalized spacial score (nSPS) is 12.6. The molecule has 0 fully saturated rings. The molecule has 0 aliphatic rings. The molecule has 2 N–H and O–H groups in total. The second-order valence-corrected chi connectivity index (χ2v) is 5.71. The highest BCUT2D eigenvalue weighted by Gasteiger charge is 2.21. The average Bonchev–Trinajstić information content (AvgIpc) is 2.21. The summed E-state index contributed by atoms with van der Waals surface area (Å²) in [7, 11) is 0. The number of ether oxygens (including phenoxy) is 1. The number of alkyl halides is 1. The lowest BCUT2D eigenvalue weighted by Gasteiger charge is -2.22. The summed E-state index contributed by atoms with van der Waals surface area (Å²) < 4.78 is 5.05. The Morgan fingerprint density at radius 1 is 1.32 bits per heavy atom. The molecule has 0 aliphatic carbocycles. The van der Waals surface area contributed by atoms with Gasteiger partial charge in [-0.05, 0) is 27.2 Å². The molecule has 0 aromatic carbocycles. The second kappa shape index (κ2) is 8.14. The summed E-state index contributed by atoms with van der Waals surface area (Å²) >= 11 is 3.03. The average molecular weight is 338 g/mol. The van der Waals surface area contributed by atoms with Crippen LogP contribution in [0, 0.1) is 0 Å². The van der Waals surface area contributed by atoms with E-state index < -0.39 is 23.7 Å². The second-order valence-electron chi connectivity index (χ2n) is 5.15. The summed E-state index contributed by atoms with van der Waals surface area (Å²) in [6.45, 7) is 5.15. The highest BCUT2D eigenvalue weighted by molar-refractivity contribution is 9.09. The van der Waals surface area contributed by atoms with Gasteiger partial charge >= 0.3 is 12.1 Å². The molecule has 0 heterocycles. The van der Waals surface area contributed by atoms with Crippen molar-refractivity contribution in [2.45, 2.75) is 51.7 Å². The van der Waals surface area contributed by atoms with Gasteiger partial charge in [0.2, 0.25) is 0 Å². The Balaban J connectivity index is 4.38. The van der Waals surface area contributed by atoms with E-state index in [1.165, 1.54) is 0 Å². The molecule has 19 heavy (non-hydrogen) atoms. The number of carboxylic acid groups (broad SMARTS) is 1. The van der Waals surface area contributed by atoms with Crippen LogP contribution in [0.25, 0.3) is 0 Å². The first-order valence-corrected chi connectivity index (χ1v) is 7.05. The first-order valence-electron chi connectivity index (χ1n) is 5.93. The SMILES string of the molecule is CC(C)(C)OC(=O)N[C@H](CCC(=O)CBr)CC(=O)O. The number of ketones is 1. The molecule has 1 atom stereocenters. The van der Waals surface area contributed by atoms with Crippen LogP contribution in [0.2, 0.25) is 0 Å². The van der Waals surface area contributed by atoms with Crippen LogP contribution in [0.4, 0.5) is 4.79 Å². The lowest BCUT2D eigenvalue weighted by Crippen LogP contribution is -2.40. The number of amides is 1. The molecule has 0 aliphatic heterocycles. The molecule has 0 radical (unpaired) electrons. The van der Waals surface area contributed by atoms with Crippen LogP contribution in [-0.4, -0.2) is 39.9 Å². The standard InChI is InChI=1S/C12H20BrNO5/c1-12(2,3)19-11(18)14-8(6-10(16)17)4-5-9(15)7-13/h8H,4-7H2,1-3H3,(H,14,18)(H,16,17)/t8-/m1/s1. The van der Waals surface area contributed by atoms with Crippen molar-refractivity contribution in [3.63, 3.8) is 0 Å². The fraction of sp³-hybridized carbons (Fsp3) is 0.750. The van der Waals surface area contributed by atoms with Crippen molar-refractivity contribution < 1.29 is 24.2 Å². The van der Waals surface area contributed by atoms with Crippen molar-refractivity contribution in [3.05, 3.63) is 0 Å². The Bertz CT molecular complexity index is 338. The summed E-state index contributed by atoms with van der Waals surface area (Å²) in [6, 6.07) is -0.615. The third-order valence-corrected chi connectivity index (χ3v) is 2.69. The van der Waals surface area contributed by atoms with Gasteiger partial charge in [0, 0.05) is 12.5 Å². The van der Waals surface area contributed by atoms with Gasteiger partial charge in [0.05, 0.1) is 11.8 Å². The van der Waals surface area contributed by atoms with Crippen LogP contribution in [-0.2, 0) is 14.3 Å². The number of hydrogen-bond donors (Lipinski definition) is 2. The van der Waals surface area contributed by atoms with E-state index in [1.54, 1.807) is 20.8 Å². The van der Waals surface area contributed by atoms with E-state index in [4.69, 9.17) is 9.84 Å². The van der Waals surface area contributed by atoms with E-state index in [2.05, 4.69) is 21.2 Å². The first kappa shape index (κ1) is 17.9. The molecule has 0 saturated carbocycles. The predicted octanol–water partition coefficient (Wildman–Crippen LogP) is 2.10. The van der Waals surface area contributed by atoms with E-state index in [0.717, 1.165) is 0 Å². The van der Waals surface area contributed by atoms with Crippen molar-refractivity contribution in [2.75, 3.05) is 5.33 Å². The van der Waals surface area contributed by atoms with Crippen LogP contribution in [0.5, 0.6) is 0 Å². The fourth-order valence-electron chi connectivity index (χ4n) is 1.31. The Morgan fingerprint density at radius 2 is 1.89 bits per heavy atom. The molecule has 110 valence electrons. The number of alkyl carbamates (subject to hydrolysis) is 1. The van der Waals surface area contributed by atoms with E-state index in [9.17, 15) is 14.4 Å². The molecule has 0 rings (SSSR count). The maximum Gasteiger partial charge on any atom is 0.407 e. The van der Waals surface area contributed by atoms with E-state index >= 15 is 0 Å². The van der Waals surface area contributed by atoms with Gasteiger partial charge in [0.25, 0.3) is 0 Å². The minimum absolute atomic E-state index is 0.0404. The van der Waals surface area contributed by atoms with Gasteiger partial charge in [-0.15, -0.1) is 0 Å². The molecule has 0 aromatic heterocycles. The van der Waals surface area contributed by atoms with Gasteiger partial charge in [-0.1, -0.05) is 15.9 Å². The van der Waals surface area contributed by atoms with Crippen LogP contribution >= 0.6 is 15.9 Å². The number of rotatable bonds is 7. The maximum absolute atomic E-state index is 11.5. The van der Waals surface area contributed by atoms with Gasteiger partial charge in [-0.3, -0.25) is 9.59 Å². The van der Waals surface area contributed by atoms with Gasteiger partial charge < -0.3 is 15.2 Å². The van der Waals surface area contributed by atoms with Crippen molar-refractivity contribution in [1.82, 2.24) is 5.32 Å². The Hall–Kier alpha value is -1.11. The maximum atomic E-state index is 11.5. The Kier molecular flexibility index (Phi) is 7.66. The molecule has 0 unspecified atom stereocenters. The summed E-state index contributed by atoms with van der Waals surface area (Å²) in [5.41, 5.74) is -0.649. The van der Waals surface area contributed by atoms with E-state index in [-0.39, 0.29) is 30.4 Å². The smallest absolute Gasteiger partial charge is 0.407 e. The quantitative estimate of drug-likeness (QED) is 0.694. The first-order chi connectivity index (χ1) is 8.64.